The Bertz CT molecular complexity index is 1180. The summed E-state index contributed by atoms with van der Waals surface area (Å²) in [7, 11) is 1.59. The second-order valence-corrected chi connectivity index (χ2v) is 7.61. The van der Waals surface area contributed by atoms with Crippen LogP contribution < -0.4 is 10.1 Å². The molecule has 0 spiro atoms. The highest BCUT2D eigenvalue weighted by Gasteiger charge is 2.10. The zero-order chi connectivity index (χ0) is 20.4. The summed E-state index contributed by atoms with van der Waals surface area (Å²) in [6.45, 7) is 2.03. The maximum atomic E-state index is 12.5. The number of carbonyl (C=O) groups excluding carboxylic acids is 1. The van der Waals surface area contributed by atoms with E-state index >= 15 is 0 Å². The Kier molecular flexibility index (Phi) is 5.36. The molecule has 3 aromatic carbocycles. The topological polar surface area (TPSA) is 64.4 Å². The first kappa shape index (κ1) is 19.2. The van der Waals surface area contributed by atoms with E-state index in [0.717, 1.165) is 32.4 Å². The van der Waals surface area contributed by atoms with E-state index in [-0.39, 0.29) is 5.91 Å². The second-order valence-electron chi connectivity index (χ2n) is 6.76. The summed E-state index contributed by atoms with van der Waals surface area (Å²) in [4.78, 5) is 17.0. The normalized spacial score (nSPS) is 10.9. The van der Waals surface area contributed by atoms with Crippen LogP contribution in [0.5, 0.6) is 5.75 Å². The standard InChI is InChI=1S/C23H19BrN2O3/c1-14-3-9-21-19(11-14)26-22(29-21)12-15-4-7-17(8-5-15)25-23(27)16-6-10-20(28-2)18(24)13-16/h3-11,13H,12H2,1-2H3,(H,25,27). The minimum atomic E-state index is -0.185. The summed E-state index contributed by atoms with van der Waals surface area (Å²) in [6, 6.07) is 18.8. The highest BCUT2D eigenvalue weighted by atomic mass is 79.9. The molecule has 146 valence electrons. The Hall–Kier alpha value is -3.12. The number of rotatable bonds is 5. The van der Waals surface area contributed by atoms with Gasteiger partial charge in [-0.15, -0.1) is 0 Å². The van der Waals surface area contributed by atoms with Gasteiger partial charge in [0, 0.05) is 17.7 Å². The number of oxazole rings is 1. The van der Waals surface area contributed by atoms with E-state index < -0.39 is 0 Å². The maximum absolute atomic E-state index is 12.5. The van der Waals surface area contributed by atoms with Crippen LogP contribution in [0.2, 0.25) is 0 Å². The number of ether oxygens (including phenoxy) is 1. The van der Waals surface area contributed by atoms with E-state index in [2.05, 4.69) is 26.2 Å². The van der Waals surface area contributed by atoms with Crippen molar-refractivity contribution < 1.29 is 13.9 Å². The van der Waals surface area contributed by atoms with E-state index in [4.69, 9.17) is 9.15 Å². The number of hydrogen-bond acceptors (Lipinski definition) is 4. The Morgan fingerprint density at radius 1 is 1.10 bits per heavy atom. The summed E-state index contributed by atoms with van der Waals surface area (Å²) in [6.07, 6.45) is 0.591. The summed E-state index contributed by atoms with van der Waals surface area (Å²) in [5.41, 5.74) is 5.14. The van der Waals surface area contributed by atoms with E-state index in [1.54, 1.807) is 25.3 Å². The van der Waals surface area contributed by atoms with Gasteiger partial charge in [-0.3, -0.25) is 4.79 Å². The minimum Gasteiger partial charge on any atom is -0.496 e. The lowest BCUT2D eigenvalue weighted by atomic mass is 10.1. The average molecular weight is 451 g/mol. The smallest absolute Gasteiger partial charge is 0.255 e. The molecule has 5 nitrogen and oxygen atoms in total. The van der Waals surface area contributed by atoms with E-state index in [0.29, 0.717) is 23.6 Å². The molecule has 0 aliphatic heterocycles. The molecule has 1 N–H and O–H groups in total. The molecule has 0 aliphatic carbocycles. The number of fused-ring (bicyclic) bond motifs is 1. The number of hydrogen-bond donors (Lipinski definition) is 1. The lowest BCUT2D eigenvalue weighted by Crippen LogP contribution is -2.11. The van der Waals surface area contributed by atoms with Crippen molar-refractivity contribution in [1.29, 1.82) is 0 Å². The Morgan fingerprint density at radius 3 is 2.62 bits per heavy atom. The molecule has 4 aromatic rings. The largest absolute Gasteiger partial charge is 0.496 e. The summed E-state index contributed by atoms with van der Waals surface area (Å²) in [5.74, 6) is 1.17. The molecule has 0 saturated carbocycles. The third-order valence-electron chi connectivity index (χ3n) is 4.57. The van der Waals surface area contributed by atoms with Crippen LogP contribution in [-0.4, -0.2) is 18.0 Å². The van der Waals surface area contributed by atoms with Gasteiger partial charge in [-0.25, -0.2) is 4.98 Å². The van der Waals surface area contributed by atoms with Gasteiger partial charge in [-0.1, -0.05) is 18.2 Å². The predicted molar refractivity (Wildman–Crippen MR) is 117 cm³/mol. The zero-order valence-corrected chi connectivity index (χ0v) is 17.6. The first-order valence-electron chi connectivity index (χ1n) is 9.12. The summed E-state index contributed by atoms with van der Waals surface area (Å²) in [5, 5.41) is 2.90. The monoisotopic (exact) mass is 450 g/mol. The molecule has 4 rings (SSSR count). The van der Waals surface area contributed by atoms with Gasteiger partial charge in [0.2, 0.25) is 0 Å². The maximum Gasteiger partial charge on any atom is 0.255 e. The van der Waals surface area contributed by atoms with Crippen LogP contribution >= 0.6 is 15.9 Å². The summed E-state index contributed by atoms with van der Waals surface area (Å²) < 4.78 is 11.7. The number of nitrogens with zero attached hydrogens (tertiary/aromatic N) is 1. The first-order chi connectivity index (χ1) is 14.0. The first-order valence-corrected chi connectivity index (χ1v) is 9.91. The van der Waals surface area contributed by atoms with Crippen molar-refractivity contribution in [1.82, 2.24) is 4.98 Å². The number of aryl methyl sites for hydroxylation is 1. The van der Waals surface area contributed by atoms with Crippen LogP contribution in [-0.2, 0) is 6.42 Å². The van der Waals surface area contributed by atoms with Crippen molar-refractivity contribution in [2.24, 2.45) is 0 Å². The van der Waals surface area contributed by atoms with Gasteiger partial charge >= 0.3 is 0 Å². The molecule has 0 fully saturated rings. The van der Waals surface area contributed by atoms with Gasteiger partial charge in [0.1, 0.15) is 11.3 Å². The number of amides is 1. The van der Waals surface area contributed by atoms with Crippen LogP contribution in [0.25, 0.3) is 11.1 Å². The second kappa shape index (κ2) is 8.09. The number of halogens is 1. The van der Waals surface area contributed by atoms with Crippen molar-refractivity contribution >= 4 is 38.6 Å². The van der Waals surface area contributed by atoms with Gasteiger partial charge in [0.15, 0.2) is 11.5 Å². The molecule has 29 heavy (non-hydrogen) atoms. The lowest BCUT2D eigenvalue weighted by Gasteiger charge is -2.08. The Balaban J connectivity index is 1.44. The van der Waals surface area contributed by atoms with Crippen LogP contribution in [0.3, 0.4) is 0 Å². The van der Waals surface area contributed by atoms with Crippen molar-refractivity contribution in [2.45, 2.75) is 13.3 Å². The fraction of sp³-hybridized carbons (Fsp3) is 0.130. The number of methoxy groups -OCH3 is 1. The lowest BCUT2D eigenvalue weighted by molar-refractivity contribution is 0.102. The number of nitrogens with one attached hydrogen (secondary N) is 1. The highest BCUT2D eigenvalue weighted by molar-refractivity contribution is 9.10. The quantitative estimate of drug-likeness (QED) is 0.420. The number of benzene rings is 3. The number of aromatic nitrogens is 1. The SMILES string of the molecule is COc1ccc(C(=O)Nc2ccc(Cc3nc4cc(C)ccc4o3)cc2)cc1Br. The molecule has 1 heterocycles. The van der Waals surface area contributed by atoms with Crippen LogP contribution in [0, 0.1) is 6.92 Å². The van der Waals surface area contributed by atoms with Gasteiger partial charge < -0.3 is 14.5 Å². The molecule has 6 heteroatoms. The molecule has 1 aromatic heterocycles. The number of carbonyl (C=O) groups is 1. The van der Waals surface area contributed by atoms with Gasteiger partial charge in [0.05, 0.1) is 11.6 Å². The van der Waals surface area contributed by atoms with E-state index in [1.807, 2.05) is 49.4 Å². The Labute approximate surface area is 176 Å². The highest BCUT2D eigenvalue weighted by Crippen LogP contribution is 2.26. The van der Waals surface area contributed by atoms with Gasteiger partial charge in [0.25, 0.3) is 5.91 Å². The van der Waals surface area contributed by atoms with E-state index in [1.165, 1.54) is 0 Å². The van der Waals surface area contributed by atoms with Gasteiger partial charge in [-0.2, -0.15) is 0 Å². The number of anilines is 1. The molecular formula is C23H19BrN2O3. The zero-order valence-electron chi connectivity index (χ0n) is 16.0. The molecule has 0 radical (unpaired) electrons. The molecule has 0 atom stereocenters. The van der Waals surface area contributed by atoms with Crippen LogP contribution in [0.4, 0.5) is 5.69 Å². The van der Waals surface area contributed by atoms with Gasteiger partial charge in [-0.05, 0) is 76.4 Å². The van der Waals surface area contributed by atoms with Crippen molar-refractivity contribution in [3.63, 3.8) is 0 Å². The fourth-order valence-corrected chi connectivity index (χ4v) is 3.59. The molecule has 1 amide bonds. The third-order valence-corrected chi connectivity index (χ3v) is 5.19. The minimum absolute atomic E-state index is 0.185. The average Bonchev–Trinajstić information content (AvgIpc) is 3.10. The Morgan fingerprint density at radius 2 is 1.90 bits per heavy atom. The summed E-state index contributed by atoms with van der Waals surface area (Å²) >= 11 is 3.40. The van der Waals surface area contributed by atoms with Crippen LogP contribution in [0.1, 0.15) is 27.4 Å². The van der Waals surface area contributed by atoms with Crippen molar-refractivity contribution in [2.75, 3.05) is 12.4 Å². The molecular weight excluding hydrogens is 432 g/mol. The van der Waals surface area contributed by atoms with Crippen molar-refractivity contribution in [3.05, 3.63) is 87.7 Å². The fourth-order valence-electron chi connectivity index (χ4n) is 3.05. The van der Waals surface area contributed by atoms with Crippen LogP contribution in [0.15, 0.2) is 69.6 Å². The molecule has 0 saturated heterocycles. The molecule has 0 bridgehead atoms. The predicted octanol–water partition coefficient (Wildman–Crippen LogP) is 5.75. The van der Waals surface area contributed by atoms with Crippen molar-refractivity contribution in [3.8, 4) is 5.75 Å². The third kappa shape index (κ3) is 4.32. The molecule has 0 unspecified atom stereocenters. The van der Waals surface area contributed by atoms with E-state index in [9.17, 15) is 4.79 Å². The molecule has 0 aliphatic rings.